The number of nitrogens with zero attached hydrogens (tertiary/aromatic N) is 1. The van der Waals surface area contributed by atoms with Crippen LogP contribution in [0.4, 0.5) is 0 Å². The highest BCUT2D eigenvalue weighted by Crippen LogP contribution is 2.55. The van der Waals surface area contributed by atoms with E-state index < -0.39 is 6.10 Å². The maximum absolute atomic E-state index is 13.2. The van der Waals surface area contributed by atoms with E-state index in [1.807, 2.05) is 0 Å². The van der Waals surface area contributed by atoms with E-state index in [0.29, 0.717) is 6.42 Å². The Bertz CT molecular complexity index is 717. The van der Waals surface area contributed by atoms with Crippen LogP contribution < -0.4 is 5.32 Å². The van der Waals surface area contributed by atoms with Crippen LogP contribution in [0.5, 0.6) is 0 Å². The number of likely N-dealkylation sites (tertiary alicyclic amines) is 1. The Morgan fingerprint density at radius 1 is 1.00 bits per heavy atom. The molecule has 2 N–H and O–H groups in total. The molecule has 2 spiro atoms. The van der Waals surface area contributed by atoms with Crippen LogP contribution in [-0.4, -0.2) is 41.7 Å². The van der Waals surface area contributed by atoms with E-state index in [2.05, 4.69) is 34.5 Å². The second kappa shape index (κ2) is 6.59. The molecular formula is C23H32N2O2. The van der Waals surface area contributed by atoms with Crippen LogP contribution in [0.15, 0.2) is 24.3 Å². The van der Waals surface area contributed by atoms with Crippen LogP contribution in [0, 0.1) is 5.41 Å². The molecule has 146 valence electrons. The largest absolute Gasteiger partial charge is 0.390 e. The third-order valence-electron chi connectivity index (χ3n) is 8.03. The minimum absolute atomic E-state index is 0.158. The van der Waals surface area contributed by atoms with Crippen molar-refractivity contribution in [1.82, 2.24) is 10.2 Å². The van der Waals surface area contributed by atoms with Gasteiger partial charge in [-0.2, -0.15) is 0 Å². The van der Waals surface area contributed by atoms with Crippen molar-refractivity contribution in [2.45, 2.75) is 75.3 Å². The first-order chi connectivity index (χ1) is 13.2. The van der Waals surface area contributed by atoms with Crippen molar-refractivity contribution >= 4 is 5.91 Å². The van der Waals surface area contributed by atoms with Crippen LogP contribution in [-0.2, 0) is 10.2 Å². The van der Waals surface area contributed by atoms with Crippen LogP contribution >= 0.6 is 0 Å². The summed E-state index contributed by atoms with van der Waals surface area (Å²) in [4.78, 5) is 15.3. The number of benzene rings is 1. The number of piperidine rings is 1. The minimum Gasteiger partial charge on any atom is -0.390 e. The lowest BCUT2D eigenvalue weighted by atomic mass is 9.72. The Kier molecular flexibility index (Phi) is 4.32. The van der Waals surface area contributed by atoms with E-state index in [4.69, 9.17) is 0 Å². The second-order valence-electron chi connectivity index (χ2n) is 9.50. The lowest BCUT2D eigenvalue weighted by Crippen LogP contribution is -2.49. The first-order valence-electron chi connectivity index (χ1n) is 10.9. The van der Waals surface area contributed by atoms with E-state index in [1.165, 1.54) is 49.7 Å². The fourth-order valence-corrected chi connectivity index (χ4v) is 6.61. The second-order valence-corrected chi connectivity index (χ2v) is 9.50. The Hall–Kier alpha value is -1.39. The predicted molar refractivity (Wildman–Crippen MR) is 105 cm³/mol. The van der Waals surface area contributed by atoms with Crippen molar-refractivity contribution in [3.05, 3.63) is 35.4 Å². The first-order valence-corrected chi connectivity index (χ1v) is 10.9. The number of rotatable bonds is 1. The Morgan fingerprint density at radius 2 is 1.70 bits per heavy atom. The molecule has 5 rings (SSSR count). The van der Waals surface area contributed by atoms with Crippen molar-refractivity contribution in [2.24, 2.45) is 5.41 Å². The molecule has 0 bridgehead atoms. The number of hydrogen-bond donors (Lipinski definition) is 2. The van der Waals surface area contributed by atoms with E-state index >= 15 is 0 Å². The lowest BCUT2D eigenvalue weighted by molar-refractivity contribution is -0.133. The SMILES string of the molecule is O=C1CC2(CCCCCC2)CN1[C@@H]1c2ccccc2C2(CCNCC2)[C@H]1O. The fraction of sp³-hybridized carbons (Fsp3) is 0.696. The van der Waals surface area contributed by atoms with E-state index in [-0.39, 0.29) is 22.8 Å². The highest BCUT2D eigenvalue weighted by Gasteiger charge is 2.56. The molecule has 1 aromatic carbocycles. The number of aliphatic hydroxyl groups is 1. The molecule has 1 saturated carbocycles. The summed E-state index contributed by atoms with van der Waals surface area (Å²) in [7, 11) is 0. The van der Waals surface area contributed by atoms with Gasteiger partial charge in [-0.3, -0.25) is 4.79 Å². The van der Waals surface area contributed by atoms with Crippen LogP contribution in [0.3, 0.4) is 0 Å². The first kappa shape index (κ1) is 17.7. The molecule has 0 radical (unpaired) electrons. The van der Waals surface area contributed by atoms with Gasteiger partial charge in [0.1, 0.15) is 0 Å². The molecule has 2 saturated heterocycles. The quantitative estimate of drug-likeness (QED) is 0.800. The van der Waals surface area contributed by atoms with Gasteiger partial charge in [-0.25, -0.2) is 0 Å². The Labute approximate surface area is 162 Å². The Morgan fingerprint density at radius 3 is 2.44 bits per heavy atom. The van der Waals surface area contributed by atoms with Gasteiger partial charge in [0.05, 0.1) is 12.1 Å². The zero-order valence-corrected chi connectivity index (χ0v) is 16.3. The van der Waals surface area contributed by atoms with Gasteiger partial charge >= 0.3 is 0 Å². The summed E-state index contributed by atoms with van der Waals surface area (Å²) >= 11 is 0. The van der Waals surface area contributed by atoms with Crippen molar-refractivity contribution in [2.75, 3.05) is 19.6 Å². The zero-order chi connectivity index (χ0) is 18.5. The number of carbonyl (C=O) groups excluding carboxylic acids is 1. The summed E-state index contributed by atoms with van der Waals surface area (Å²) in [6.45, 7) is 2.72. The summed E-state index contributed by atoms with van der Waals surface area (Å²) in [5.74, 6) is 0.265. The van der Waals surface area contributed by atoms with Gasteiger partial charge in [-0.15, -0.1) is 0 Å². The van der Waals surface area contributed by atoms with E-state index in [1.54, 1.807) is 0 Å². The molecule has 1 aromatic rings. The highest BCUT2D eigenvalue weighted by molar-refractivity contribution is 5.80. The van der Waals surface area contributed by atoms with Crippen LogP contribution in [0.25, 0.3) is 0 Å². The van der Waals surface area contributed by atoms with Crippen LogP contribution in [0.2, 0.25) is 0 Å². The molecule has 27 heavy (non-hydrogen) atoms. The van der Waals surface area contributed by atoms with Gasteiger partial charge in [0.2, 0.25) is 5.91 Å². The number of fused-ring (bicyclic) bond motifs is 2. The summed E-state index contributed by atoms with van der Waals surface area (Å²) < 4.78 is 0. The predicted octanol–water partition coefficient (Wildman–Crippen LogP) is 3.30. The van der Waals surface area contributed by atoms with Crippen LogP contribution in [0.1, 0.15) is 75.0 Å². The zero-order valence-electron chi connectivity index (χ0n) is 16.3. The molecule has 4 aliphatic rings. The maximum Gasteiger partial charge on any atom is 0.223 e. The number of nitrogens with one attached hydrogen (secondary N) is 1. The standard InChI is InChI=1S/C23H32N2O2/c26-19-15-22(9-5-1-2-6-10-22)16-25(19)20-17-7-3-4-8-18(17)23(21(20)27)11-13-24-14-12-23/h3-4,7-8,20-21,24,27H,1-2,5-6,9-16H2/t20-,21+/m1/s1. The molecule has 2 heterocycles. The molecule has 2 aliphatic carbocycles. The number of hydrogen-bond acceptors (Lipinski definition) is 3. The maximum atomic E-state index is 13.2. The molecule has 2 aliphatic heterocycles. The molecular weight excluding hydrogens is 336 g/mol. The molecule has 1 amide bonds. The van der Waals surface area contributed by atoms with Gasteiger partial charge in [0.15, 0.2) is 0 Å². The monoisotopic (exact) mass is 368 g/mol. The smallest absolute Gasteiger partial charge is 0.223 e. The number of aliphatic hydroxyl groups excluding tert-OH is 1. The van der Waals surface area contributed by atoms with Crippen molar-refractivity contribution in [3.8, 4) is 0 Å². The van der Waals surface area contributed by atoms with Gasteiger partial charge < -0.3 is 15.3 Å². The third-order valence-corrected chi connectivity index (χ3v) is 8.03. The molecule has 2 atom stereocenters. The molecule has 4 heteroatoms. The fourth-order valence-electron chi connectivity index (χ4n) is 6.61. The van der Waals surface area contributed by atoms with E-state index in [0.717, 1.165) is 32.5 Å². The average molecular weight is 369 g/mol. The lowest BCUT2D eigenvalue weighted by Gasteiger charge is -2.40. The topological polar surface area (TPSA) is 52.6 Å². The summed E-state index contributed by atoms with van der Waals surface area (Å²) in [5, 5.41) is 15.0. The van der Waals surface area contributed by atoms with Crippen molar-refractivity contribution in [1.29, 1.82) is 0 Å². The van der Waals surface area contributed by atoms with Gasteiger partial charge in [0.25, 0.3) is 0 Å². The molecule has 4 nitrogen and oxygen atoms in total. The summed E-state index contributed by atoms with van der Waals surface area (Å²) in [6, 6.07) is 8.36. The highest BCUT2D eigenvalue weighted by atomic mass is 16.3. The van der Waals surface area contributed by atoms with Crippen molar-refractivity contribution < 1.29 is 9.90 Å². The van der Waals surface area contributed by atoms with Gasteiger partial charge in [-0.05, 0) is 55.3 Å². The third kappa shape index (κ3) is 2.67. The van der Waals surface area contributed by atoms with Gasteiger partial charge in [0, 0.05) is 18.4 Å². The molecule has 3 fully saturated rings. The van der Waals surface area contributed by atoms with Gasteiger partial charge in [-0.1, -0.05) is 49.9 Å². The minimum atomic E-state index is -0.484. The average Bonchev–Trinajstić information content (AvgIpc) is 2.99. The normalized spacial score (nSPS) is 32.0. The molecule has 0 unspecified atom stereocenters. The van der Waals surface area contributed by atoms with Crippen molar-refractivity contribution in [3.63, 3.8) is 0 Å². The summed E-state index contributed by atoms with van der Waals surface area (Å²) in [6.07, 6.45) is 9.57. The molecule has 0 aromatic heterocycles. The summed E-state index contributed by atoms with van der Waals surface area (Å²) in [5.41, 5.74) is 2.46. The van der Waals surface area contributed by atoms with E-state index in [9.17, 15) is 9.90 Å². The number of carbonyl (C=O) groups is 1. The number of amides is 1. The Balaban J connectivity index is 1.50.